The second-order valence-corrected chi connectivity index (χ2v) is 4.21. The summed E-state index contributed by atoms with van der Waals surface area (Å²) in [6.45, 7) is 0. The molecule has 0 aliphatic heterocycles. The van der Waals surface area contributed by atoms with Crippen molar-refractivity contribution >= 4 is 0 Å². The van der Waals surface area contributed by atoms with Crippen LogP contribution in [0.2, 0.25) is 0 Å². The van der Waals surface area contributed by atoms with Crippen molar-refractivity contribution in [2.75, 3.05) is 0 Å². The fourth-order valence-corrected chi connectivity index (χ4v) is 2.24. The summed E-state index contributed by atoms with van der Waals surface area (Å²) in [6.07, 6.45) is 2.73. The minimum absolute atomic E-state index is 0.610. The van der Waals surface area contributed by atoms with Gasteiger partial charge in [0.15, 0.2) is 0 Å². The molecule has 1 saturated carbocycles. The lowest BCUT2D eigenvalue weighted by atomic mass is 9.88. The third-order valence-corrected chi connectivity index (χ3v) is 3.13. The standard InChI is InChI=1S/C12H16FN/c13-11(10-6-2-1-3-7-10)12(14)8-4-5-9-12/h1-3,6-7,11H,4-5,8-9,14H2. The van der Waals surface area contributed by atoms with Crippen molar-refractivity contribution < 1.29 is 4.39 Å². The Morgan fingerprint density at radius 3 is 2.29 bits per heavy atom. The highest BCUT2D eigenvalue weighted by molar-refractivity contribution is 5.21. The molecule has 2 N–H and O–H groups in total. The summed E-state index contributed by atoms with van der Waals surface area (Å²) in [5, 5.41) is 0. The molecule has 0 heterocycles. The number of nitrogens with two attached hydrogens (primary N) is 1. The zero-order valence-corrected chi connectivity index (χ0v) is 8.25. The maximum absolute atomic E-state index is 14.1. The quantitative estimate of drug-likeness (QED) is 0.767. The van der Waals surface area contributed by atoms with Gasteiger partial charge in [-0.05, 0) is 18.4 Å². The zero-order valence-electron chi connectivity index (χ0n) is 8.25. The molecular weight excluding hydrogens is 177 g/mol. The summed E-state index contributed by atoms with van der Waals surface area (Å²) < 4.78 is 14.1. The molecule has 76 valence electrons. The number of hydrogen-bond donors (Lipinski definition) is 1. The van der Waals surface area contributed by atoms with Crippen molar-refractivity contribution in [1.82, 2.24) is 0 Å². The number of alkyl halides is 1. The Balaban J connectivity index is 2.19. The fourth-order valence-electron chi connectivity index (χ4n) is 2.24. The van der Waals surface area contributed by atoms with Crippen LogP contribution in [0.15, 0.2) is 30.3 Å². The summed E-state index contributed by atoms with van der Waals surface area (Å²) in [6, 6.07) is 9.25. The van der Waals surface area contributed by atoms with Crippen LogP contribution < -0.4 is 5.73 Å². The molecular formula is C12H16FN. The topological polar surface area (TPSA) is 26.0 Å². The average molecular weight is 193 g/mol. The minimum atomic E-state index is -1.01. The van der Waals surface area contributed by atoms with E-state index in [-0.39, 0.29) is 0 Å². The predicted molar refractivity (Wildman–Crippen MR) is 55.7 cm³/mol. The maximum atomic E-state index is 14.1. The molecule has 0 radical (unpaired) electrons. The Kier molecular flexibility index (Phi) is 2.55. The van der Waals surface area contributed by atoms with Gasteiger partial charge in [-0.3, -0.25) is 0 Å². The van der Waals surface area contributed by atoms with E-state index in [1.165, 1.54) is 0 Å². The number of benzene rings is 1. The van der Waals surface area contributed by atoms with Crippen molar-refractivity contribution in [3.63, 3.8) is 0 Å². The van der Waals surface area contributed by atoms with Gasteiger partial charge in [0.2, 0.25) is 0 Å². The van der Waals surface area contributed by atoms with Gasteiger partial charge >= 0.3 is 0 Å². The molecule has 1 unspecified atom stereocenters. The Bertz CT molecular complexity index is 290. The first-order valence-electron chi connectivity index (χ1n) is 5.20. The van der Waals surface area contributed by atoms with Crippen LogP contribution in [0.3, 0.4) is 0 Å². The first-order chi connectivity index (χ1) is 6.72. The minimum Gasteiger partial charge on any atom is -0.322 e. The van der Waals surface area contributed by atoms with E-state index in [1.807, 2.05) is 30.3 Å². The average Bonchev–Trinajstić information content (AvgIpc) is 2.67. The van der Waals surface area contributed by atoms with Crippen LogP contribution in [0.1, 0.15) is 37.4 Å². The van der Waals surface area contributed by atoms with E-state index in [2.05, 4.69) is 0 Å². The van der Waals surface area contributed by atoms with Gasteiger partial charge in [-0.2, -0.15) is 0 Å². The van der Waals surface area contributed by atoms with E-state index >= 15 is 0 Å². The van der Waals surface area contributed by atoms with Gasteiger partial charge < -0.3 is 5.73 Å². The van der Waals surface area contributed by atoms with Crippen LogP contribution in [-0.4, -0.2) is 5.54 Å². The van der Waals surface area contributed by atoms with Crippen LogP contribution in [0.25, 0.3) is 0 Å². The molecule has 0 saturated heterocycles. The van der Waals surface area contributed by atoms with Crippen molar-refractivity contribution in [1.29, 1.82) is 0 Å². The molecule has 1 aliphatic rings. The highest BCUT2D eigenvalue weighted by Crippen LogP contribution is 2.39. The van der Waals surface area contributed by atoms with Crippen molar-refractivity contribution in [2.45, 2.75) is 37.4 Å². The van der Waals surface area contributed by atoms with Crippen LogP contribution in [0, 0.1) is 0 Å². The Morgan fingerprint density at radius 1 is 1.14 bits per heavy atom. The van der Waals surface area contributed by atoms with E-state index < -0.39 is 11.7 Å². The molecule has 1 nitrogen and oxygen atoms in total. The molecule has 1 atom stereocenters. The van der Waals surface area contributed by atoms with Gasteiger partial charge in [0.1, 0.15) is 6.17 Å². The Labute approximate surface area is 84.1 Å². The predicted octanol–water partition coefficient (Wildman–Crippen LogP) is 2.97. The van der Waals surface area contributed by atoms with Crippen molar-refractivity contribution in [2.24, 2.45) is 5.73 Å². The van der Waals surface area contributed by atoms with E-state index in [1.54, 1.807) is 0 Å². The summed E-state index contributed by atoms with van der Waals surface area (Å²) in [5.41, 5.74) is 6.17. The van der Waals surface area contributed by atoms with E-state index in [0.29, 0.717) is 0 Å². The molecule has 1 aliphatic carbocycles. The molecule has 0 bridgehead atoms. The SMILES string of the molecule is NC1(C(F)c2ccccc2)CCCC1. The van der Waals surface area contributed by atoms with Gasteiger partial charge in [0.25, 0.3) is 0 Å². The summed E-state index contributed by atoms with van der Waals surface area (Å²) in [5.74, 6) is 0. The molecule has 2 heteroatoms. The lowest BCUT2D eigenvalue weighted by Crippen LogP contribution is -2.41. The Hall–Kier alpha value is -0.890. The number of halogens is 1. The highest BCUT2D eigenvalue weighted by atomic mass is 19.1. The number of hydrogen-bond acceptors (Lipinski definition) is 1. The van der Waals surface area contributed by atoms with E-state index in [4.69, 9.17) is 5.73 Å². The first kappa shape index (κ1) is 9.66. The second-order valence-electron chi connectivity index (χ2n) is 4.21. The van der Waals surface area contributed by atoms with Gasteiger partial charge in [0.05, 0.1) is 5.54 Å². The van der Waals surface area contributed by atoms with Crippen molar-refractivity contribution in [3.05, 3.63) is 35.9 Å². The van der Waals surface area contributed by atoms with Gasteiger partial charge in [0, 0.05) is 0 Å². The summed E-state index contributed by atoms with van der Waals surface area (Å²) >= 11 is 0. The largest absolute Gasteiger partial charge is 0.322 e. The number of rotatable bonds is 2. The maximum Gasteiger partial charge on any atom is 0.143 e. The van der Waals surface area contributed by atoms with Gasteiger partial charge in [-0.25, -0.2) is 4.39 Å². The van der Waals surface area contributed by atoms with Crippen molar-refractivity contribution in [3.8, 4) is 0 Å². The molecule has 14 heavy (non-hydrogen) atoms. The van der Waals surface area contributed by atoms with Crippen LogP contribution >= 0.6 is 0 Å². The third-order valence-electron chi connectivity index (χ3n) is 3.13. The molecule has 0 aromatic heterocycles. The molecule has 1 fully saturated rings. The van der Waals surface area contributed by atoms with Gasteiger partial charge in [-0.15, -0.1) is 0 Å². The normalized spacial score (nSPS) is 22.1. The summed E-state index contributed by atoms with van der Waals surface area (Å²) in [4.78, 5) is 0. The molecule has 2 rings (SSSR count). The van der Waals surface area contributed by atoms with Gasteiger partial charge in [-0.1, -0.05) is 43.2 Å². The molecule has 1 aromatic rings. The zero-order chi connectivity index (χ0) is 10.0. The third kappa shape index (κ3) is 1.67. The second kappa shape index (κ2) is 3.70. The van der Waals surface area contributed by atoms with Crippen LogP contribution in [0.4, 0.5) is 4.39 Å². The monoisotopic (exact) mass is 193 g/mol. The molecule has 0 spiro atoms. The van der Waals surface area contributed by atoms with E-state index in [9.17, 15) is 4.39 Å². The molecule has 0 amide bonds. The van der Waals surface area contributed by atoms with E-state index in [0.717, 1.165) is 31.2 Å². The molecule has 1 aromatic carbocycles. The lowest BCUT2D eigenvalue weighted by molar-refractivity contribution is 0.194. The van der Waals surface area contributed by atoms with Crippen LogP contribution in [-0.2, 0) is 0 Å². The lowest BCUT2D eigenvalue weighted by Gasteiger charge is -2.28. The van der Waals surface area contributed by atoms with Crippen LogP contribution in [0.5, 0.6) is 0 Å². The highest BCUT2D eigenvalue weighted by Gasteiger charge is 2.38. The first-order valence-corrected chi connectivity index (χ1v) is 5.20. The summed E-state index contributed by atoms with van der Waals surface area (Å²) in [7, 11) is 0. The fraction of sp³-hybridized carbons (Fsp3) is 0.500. The Morgan fingerprint density at radius 2 is 1.71 bits per heavy atom. The smallest absolute Gasteiger partial charge is 0.143 e.